The van der Waals surface area contributed by atoms with Crippen molar-refractivity contribution in [3.8, 4) is 0 Å². The lowest BCUT2D eigenvalue weighted by Gasteiger charge is -2.36. The first-order valence-electron chi connectivity index (χ1n) is 7.56. The lowest BCUT2D eigenvalue weighted by Crippen LogP contribution is -2.44. The topological polar surface area (TPSA) is 18.5 Å². The van der Waals surface area contributed by atoms with Crippen LogP contribution < -0.4 is 5.32 Å². The van der Waals surface area contributed by atoms with Gasteiger partial charge in [0.05, 0.1) is 0 Å². The smallest absolute Gasteiger partial charge is 0.0360 e. The summed E-state index contributed by atoms with van der Waals surface area (Å²) in [4.78, 5) is 5.13. The van der Waals surface area contributed by atoms with Gasteiger partial charge in [0.15, 0.2) is 0 Å². The first-order chi connectivity index (χ1) is 9.34. The summed E-state index contributed by atoms with van der Waals surface area (Å²) in [7, 11) is 2.28. The van der Waals surface area contributed by atoms with Crippen molar-refractivity contribution in [2.75, 3.05) is 46.3 Å². The largest absolute Gasteiger partial charge is 0.314 e. The molecule has 3 heteroatoms. The summed E-state index contributed by atoms with van der Waals surface area (Å²) in [5.74, 6) is 0. The Bertz CT molecular complexity index is 412. The highest BCUT2D eigenvalue weighted by molar-refractivity contribution is 5.32. The third kappa shape index (κ3) is 2.99. The summed E-state index contributed by atoms with van der Waals surface area (Å²) in [5, 5.41) is 3.43. The molecule has 3 nitrogen and oxygen atoms in total. The van der Waals surface area contributed by atoms with Crippen LogP contribution in [0.2, 0.25) is 0 Å². The number of piperazine rings is 1. The Morgan fingerprint density at radius 3 is 2.79 bits per heavy atom. The van der Waals surface area contributed by atoms with Crippen LogP contribution in [0.1, 0.15) is 23.6 Å². The van der Waals surface area contributed by atoms with Gasteiger partial charge in [-0.25, -0.2) is 0 Å². The highest BCUT2D eigenvalue weighted by atomic mass is 15.2. The Balaban J connectivity index is 1.65. The van der Waals surface area contributed by atoms with E-state index >= 15 is 0 Å². The van der Waals surface area contributed by atoms with E-state index in [1.165, 1.54) is 39.0 Å². The molecule has 2 heterocycles. The Hall–Kier alpha value is -0.900. The third-order valence-electron chi connectivity index (χ3n) is 4.61. The van der Waals surface area contributed by atoms with Crippen LogP contribution in [0.25, 0.3) is 0 Å². The molecule has 1 N–H and O–H groups in total. The van der Waals surface area contributed by atoms with Gasteiger partial charge in [-0.2, -0.15) is 0 Å². The lowest BCUT2D eigenvalue weighted by molar-refractivity contribution is 0.174. The molecule has 104 valence electrons. The molecule has 1 fully saturated rings. The minimum absolute atomic E-state index is 0.611. The number of nitrogens with zero attached hydrogens (tertiary/aromatic N) is 2. The van der Waals surface area contributed by atoms with Gasteiger partial charge in [0.2, 0.25) is 0 Å². The zero-order valence-electron chi connectivity index (χ0n) is 11.9. The van der Waals surface area contributed by atoms with Gasteiger partial charge >= 0.3 is 0 Å². The molecule has 1 atom stereocenters. The molecule has 0 aliphatic carbocycles. The predicted molar refractivity (Wildman–Crippen MR) is 79.4 cm³/mol. The van der Waals surface area contributed by atoms with Gasteiger partial charge in [-0.3, -0.25) is 4.90 Å². The zero-order chi connectivity index (χ0) is 13.1. The van der Waals surface area contributed by atoms with Crippen LogP contribution in [0.15, 0.2) is 24.3 Å². The molecule has 19 heavy (non-hydrogen) atoms. The SMILES string of the molecule is CN1CCc2ccccc2C1CCN1CCNCC1. The van der Waals surface area contributed by atoms with Gasteiger partial charge in [0.1, 0.15) is 0 Å². The standard InChI is InChI=1S/C16H25N3/c1-18-10-6-14-4-2-3-5-15(14)16(18)7-11-19-12-8-17-9-13-19/h2-5,16-17H,6-13H2,1H3. The monoisotopic (exact) mass is 259 g/mol. The molecule has 3 rings (SSSR count). The van der Waals surface area contributed by atoms with Crippen molar-refractivity contribution in [2.45, 2.75) is 18.9 Å². The second-order valence-corrected chi connectivity index (χ2v) is 5.83. The van der Waals surface area contributed by atoms with E-state index in [1.54, 1.807) is 11.1 Å². The number of benzene rings is 1. The lowest BCUT2D eigenvalue weighted by atomic mass is 9.91. The minimum Gasteiger partial charge on any atom is -0.314 e. The second-order valence-electron chi connectivity index (χ2n) is 5.83. The molecule has 0 bridgehead atoms. The molecule has 0 spiro atoms. The molecular weight excluding hydrogens is 234 g/mol. The van der Waals surface area contributed by atoms with Crippen molar-refractivity contribution in [1.82, 2.24) is 15.1 Å². The minimum atomic E-state index is 0.611. The second kappa shape index (κ2) is 6.04. The van der Waals surface area contributed by atoms with Crippen LogP contribution in [0.4, 0.5) is 0 Å². The van der Waals surface area contributed by atoms with Crippen molar-refractivity contribution >= 4 is 0 Å². The highest BCUT2D eigenvalue weighted by Gasteiger charge is 2.24. The van der Waals surface area contributed by atoms with Crippen LogP contribution in [-0.4, -0.2) is 56.1 Å². The number of fused-ring (bicyclic) bond motifs is 1. The Morgan fingerprint density at radius 2 is 1.95 bits per heavy atom. The van der Waals surface area contributed by atoms with Crippen LogP contribution in [0.5, 0.6) is 0 Å². The van der Waals surface area contributed by atoms with Crippen LogP contribution in [0.3, 0.4) is 0 Å². The number of hydrogen-bond donors (Lipinski definition) is 1. The molecule has 1 unspecified atom stereocenters. The maximum absolute atomic E-state index is 3.43. The molecular formula is C16H25N3. The summed E-state index contributed by atoms with van der Waals surface area (Å²) in [6, 6.07) is 9.61. The summed E-state index contributed by atoms with van der Waals surface area (Å²) in [5.41, 5.74) is 3.12. The normalized spacial score (nSPS) is 25.2. The first-order valence-corrected chi connectivity index (χ1v) is 7.56. The van der Waals surface area contributed by atoms with Crippen LogP contribution >= 0.6 is 0 Å². The third-order valence-corrected chi connectivity index (χ3v) is 4.61. The van der Waals surface area contributed by atoms with Gasteiger partial charge in [0, 0.05) is 45.3 Å². The molecule has 0 amide bonds. The van der Waals surface area contributed by atoms with E-state index in [2.05, 4.69) is 46.4 Å². The predicted octanol–water partition coefficient (Wildman–Crippen LogP) is 1.51. The Kier molecular flexibility index (Phi) is 4.16. The number of hydrogen-bond acceptors (Lipinski definition) is 3. The van der Waals surface area contributed by atoms with E-state index < -0.39 is 0 Å². The number of likely N-dealkylation sites (N-methyl/N-ethyl adjacent to an activating group) is 1. The molecule has 2 aliphatic rings. The van der Waals surface area contributed by atoms with Crippen molar-refractivity contribution in [1.29, 1.82) is 0 Å². The van der Waals surface area contributed by atoms with Gasteiger partial charge in [-0.1, -0.05) is 24.3 Å². The molecule has 0 aromatic heterocycles. The van der Waals surface area contributed by atoms with E-state index in [9.17, 15) is 0 Å². The van der Waals surface area contributed by atoms with E-state index in [1.807, 2.05) is 0 Å². The summed E-state index contributed by atoms with van der Waals surface area (Å²) in [6.07, 6.45) is 2.46. The molecule has 0 radical (unpaired) electrons. The number of rotatable bonds is 3. The summed E-state index contributed by atoms with van der Waals surface area (Å²) < 4.78 is 0. The Labute approximate surface area is 116 Å². The van der Waals surface area contributed by atoms with Crippen molar-refractivity contribution in [2.24, 2.45) is 0 Å². The van der Waals surface area contributed by atoms with E-state index in [0.29, 0.717) is 6.04 Å². The van der Waals surface area contributed by atoms with Crippen molar-refractivity contribution in [3.63, 3.8) is 0 Å². The highest BCUT2D eigenvalue weighted by Crippen LogP contribution is 2.30. The van der Waals surface area contributed by atoms with Gasteiger partial charge < -0.3 is 10.2 Å². The van der Waals surface area contributed by atoms with Gasteiger partial charge in [-0.15, -0.1) is 0 Å². The van der Waals surface area contributed by atoms with Crippen molar-refractivity contribution in [3.05, 3.63) is 35.4 Å². The van der Waals surface area contributed by atoms with E-state index in [-0.39, 0.29) is 0 Å². The maximum Gasteiger partial charge on any atom is 0.0360 e. The van der Waals surface area contributed by atoms with E-state index in [4.69, 9.17) is 0 Å². The fourth-order valence-corrected chi connectivity index (χ4v) is 3.39. The molecule has 1 aromatic rings. The summed E-state index contributed by atoms with van der Waals surface area (Å²) in [6.45, 7) is 7.14. The molecule has 1 aromatic carbocycles. The fourth-order valence-electron chi connectivity index (χ4n) is 3.39. The van der Waals surface area contributed by atoms with Gasteiger partial charge in [0.25, 0.3) is 0 Å². The van der Waals surface area contributed by atoms with E-state index in [0.717, 1.165) is 13.1 Å². The Morgan fingerprint density at radius 1 is 1.16 bits per heavy atom. The average Bonchev–Trinajstić information content (AvgIpc) is 2.47. The number of nitrogens with one attached hydrogen (secondary N) is 1. The van der Waals surface area contributed by atoms with Gasteiger partial charge in [-0.05, 0) is 31.0 Å². The quantitative estimate of drug-likeness (QED) is 0.888. The first kappa shape index (κ1) is 13.1. The molecule has 1 saturated heterocycles. The summed E-state index contributed by atoms with van der Waals surface area (Å²) >= 11 is 0. The fraction of sp³-hybridized carbons (Fsp3) is 0.625. The van der Waals surface area contributed by atoms with Crippen LogP contribution in [0, 0.1) is 0 Å². The molecule has 2 aliphatic heterocycles. The van der Waals surface area contributed by atoms with Crippen molar-refractivity contribution < 1.29 is 0 Å². The maximum atomic E-state index is 3.43. The van der Waals surface area contributed by atoms with Crippen LogP contribution in [-0.2, 0) is 6.42 Å². The zero-order valence-corrected chi connectivity index (χ0v) is 11.9. The average molecular weight is 259 g/mol. The molecule has 0 saturated carbocycles.